The zero-order chi connectivity index (χ0) is 20.0. The maximum atomic E-state index is 13.3. The number of rotatable bonds is 4. The molecule has 3 fully saturated rings. The van der Waals surface area contributed by atoms with Crippen molar-refractivity contribution in [3.63, 3.8) is 0 Å². The van der Waals surface area contributed by atoms with E-state index in [2.05, 4.69) is 17.0 Å². The monoisotopic (exact) mass is 395 g/mol. The van der Waals surface area contributed by atoms with Crippen LogP contribution in [0.25, 0.3) is 10.9 Å². The Kier molecular flexibility index (Phi) is 4.62. The fourth-order valence-electron chi connectivity index (χ4n) is 5.08. The number of β-amino-alcohol motifs (C(OH)–C–C–N with tert-alkyl or cyclic N) is 1. The van der Waals surface area contributed by atoms with E-state index in [0.717, 1.165) is 54.9 Å². The summed E-state index contributed by atoms with van der Waals surface area (Å²) in [5, 5.41) is 11.5. The number of fused-ring (bicyclic) bond motifs is 1. The van der Waals surface area contributed by atoms with Crippen molar-refractivity contribution in [2.45, 2.75) is 38.2 Å². The Hall–Kier alpha value is -2.34. The maximum Gasteiger partial charge on any atom is 0.229 e. The molecular formula is C23H29N3O3. The number of hydrogen-bond donors (Lipinski definition) is 1. The smallest absolute Gasteiger partial charge is 0.229 e. The summed E-state index contributed by atoms with van der Waals surface area (Å²) in [7, 11) is 1.67. The van der Waals surface area contributed by atoms with Gasteiger partial charge < -0.3 is 19.6 Å². The number of amides is 1. The summed E-state index contributed by atoms with van der Waals surface area (Å²) in [5.74, 6) is 2.62. The standard InChI is InChI=1S/C23H29N3O3/c1-29-19-4-2-3-17-7-8-20(24-21(17)19)25-11-9-23(10-12-25)13-18(27)15-26(22(23)28)14-16-5-6-16/h2-4,7-8,16,18,27H,5-6,9-15H2,1H3. The topological polar surface area (TPSA) is 65.9 Å². The van der Waals surface area contributed by atoms with E-state index in [1.165, 1.54) is 12.8 Å². The van der Waals surface area contributed by atoms with Crippen LogP contribution in [0.3, 0.4) is 0 Å². The average Bonchev–Trinajstić information content (AvgIpc) is 3.55. The van der Waals surface area contributed by atoms with Crippen molar-refractivity contribution < 1.29 is 14.6 Å². The molecule has 1 unspecified atom stereocenters. The molecule has 1 amide bonds. The number of aliphatic hydroxyl groups is 1. The highest BCUT2D eigenvalue weighted by molar-refractivity contribution is 5.86. The molecule has 3 heterocycles. The minimum absolute atomic E-state index is 0.266. The molecule has 1 spiro atoms. The van der Waals surface area contributed by atoms with Gasteiger partial charge in [0.15, 0.2) is 0 Å². The number of anilines is 1. The first-order chi connectivity index (χ1) is 14.1. The third kappa shape index (κ3) is 3.44. The molecule has 2 aliphatic heterocycles. The summed E-state index contributed by atoms with van der Waals surface area (Å²) in [5.41, 5.74) is 0.463. The molecule has 1 N–H and O–H groups in total. The van der Waals surface area contributed by atoms with E-state index in [-0.39, 0.29) is 5.91 Å². The maximum absolute atomic E-state index is 13.3. The summed E-state index contributed by atoms with van der Waals surface area (Å²) in [6.45, 7) is 2.90. The number of carbonyl (C=O) groups is 1. The first-order valence-electron chi connectivity index (χ1n) is 10.7. The van der Waals surface area contributed by atoms with Gasteiger partial charge >= 0.3 is 0 Å². The molecule has 5 rings (SSSR count). The van der Waals surface area contributed by atoms with E-state index in [0.29, 0.717) is 18.9 Å². The number of ether oxygens (including phenoxy) is 1. The number of para-hydroxylation sites is 1. The van der Waals surface area contributed by atoms with Crippen LogP contribution in [0.15, 0.2) is 30.3 Å². The normalized spacial score (nSPS) is 24.3. The van der Waals surface area contributed by atoms with Crippen LogP contribution in [0.1, 0.15) is 32.1 Å². The minimum atomic E-state index is -0.405. The largest absolute Gasteiger partial charge is 0.494 e. The van der Waals surface area contributed by atoms with Crippen molar-refractivity contribution in [3.05, 3.63) is 30.3 Å². The van der Waals surface area contributed by atoms with Crippen molar-refractivity contribution in [1.29, 1.82) is 0 Å². The number of aromatic nitrogens is 1. The second-order valence-electron chi connectivity index (χ2n) is 8.98. The third-order valence-corrected chi connectivity index (χ3v) is 6.91. The Morgan fingerprint density at radius 2 is 2.00 bits per heavy atom. The molecule has 2 aromatic rings. The predicted octanol–water partition coefficient (Wildman–Crippen LogP) is 2.83. The third-order valence-electron chi connectivity index (χ3n) is 6.91. The molecular weight excluding hydrogens is 366 g/mol. The molecule has 1 aromatic carbocycles. The number of methoxy groups -OCH3 is 1. The van der Waals surface area contributed by atoms with Crippen molar-refractivity contribution in [2.24, 2.45) is 11.3 Å². The summed E-state index contributed by atoms with van der Waals surface area (Å²) < 4.78 is 5.48. The van der Waals surface area contributed by atoms with E-state index in [4.69, 9.17) is 9.72 Å². The number of hydrogen-bond acceptors (Lipinski definition) is 5. The molecule has 6 heteroatoms. The predicted molar refractivity (Wildman–Crippen MR) is 112 cm³/mol. The highest BCUT2D eigenvalue weighted by Crippen LogP contribution is 2.43. The molecule has 0 radical (unpaired) electrons. The highest BCUT2D eigenvalue weighted by Gasteiger charge is 2.49. The Labute approximate surface area is 171 Å². The average molecular weight is 396 g/mol. The molecule has 1 atom stereocenters. The van der Waals surface area contributed by atoms with Gasteiger partial charge in [0.1, 0.15) is 17.1 Å². The number of pyridine rings is 1. The van der Waals surface area contributed by atoms with Crippen LogP contribution in [0.4, 0.5) is 5.82 Å². The molecule has 6 nitrogen and oxygen atoms in total. The van der Waals surface area contributed by atoms with Gasteiger partial charge in [-0.05, 0) is 56.2 Å². The van der Waals surface area contributed by atoms with Crippen LogP contribution >= 0.6 is 0 Å². The molecule has 3 aliphatic rings. The Morgan fingerprint density at radius 1 is 1.21 bits per heavy atom. The molecule has 154 valence electrons. The van der Waals surface area contributed by atoms with Crippen LogP contribution in [-0.4, -0.2) is 60.3 Å². The van der Waals surface area contributed by atoms with Crippen LogP contribution in [0.2, 0.25) is 0 Å². The van der Waals surface area contributed by atoms with Crippen molar-refractivity contribution >= 4 is 22.6 Å². The molecule has 2 saturated heterocycles. The fourth-order valence-corrected chi connectivity index (χ4v) is 5.08. The highest BCUT2D eigenvalue weighted by atomic mass is 16.5. The van der Waals surface area contributed by atoms with E-state index < -0.39 is 11.5 Å². The van der Waals surface area contributed by atoms with Gasteiger partial charge in [-0.1, -0.05) is 12.1 Å². The number of likely N-dealkylation sites (tertiary alicyclic amines) is 1. The number of aliphatic hydroxyl groups excluding tert-OH is 1. The van der Waals surface area contributed by atoms with Crippen LogP contribution in [0.5, 0.6) is 5.75 Å². The lowest BCUT2D eigenvalue weighted by Gasteiger charge is -2.48. The van der Waals surface area contributed by atoms with E-state index in [1.54, 1.807) is 7.11 Å². The van der Waals surface area contributed by atoms with Gasteiger partial charge in [0.05, 0.1) is 18.6 Å². The van der Waals surface area contributed by atoms with Gasteiger partial charge in [0.25, 0.3) is 0 Å². The van der Waals surface area contributed by atoms with Crippen LogP contribution < -0.4 is 9.64 Å². The lowest BCUT2D eigenvalue weighted by atomic mass is 9.71. The quantitative estimate of drug-likeness (QED) is 0.862. The molecule has 0 bridgehead atoms. The zero-order valence-corrected chi connectivity index (χ0v) is 17.0. The van der Waals surface area contributed by atoms with Crippen molar-refractivity contribution in [3.8, 4) is 5.75 Å². The van der Waals surface area contributed by atoms with Gasteiger partial charge in [-0.25, -0.2) is 4.98 Å². The molecule has 1 aliphatic carbocycles. The number of nitrogens with zero attached hydrogens (tertiary/aromatic N) is 3. The lowest BCUT2D eigenvalue weighted by molar-refractivity contribution is -0.154. The Bertz CT molecular complexity index is 917. The molecule has 1 aromatic heterocycles. The van der Waals surface area contributed by atoms with Gasteiger partial charge in [-0.3, -0.25) is 4.79 Å². The van der Waals surface area contributed by atoms with Gasteiger partial charge in [0.2, 0.25) is 5.91 Å². The first kappa shape index (κ1) is 18.7. The Balaban J connectivity index is 1.34. The van der Waals surface area contributed by atoms with Crippen LogP contribution in [-0.2, 0) is 4.79 Å². The summed E-state index contributed by atoms with van der Waals surface area (Å²) in [4.78, 5) is 22.3. The fraction of sp³-hybridized carbons (Fsp3) is 0.565. The zero-order valence-electron chi connectivity index (χ0n) is 17.0. The van der Waals surface area contributed by atoms with E-state index in [1.807, 2.05) is 23.1 Å². The van der Waals surface area contributed by atoms with Gasteiger partial charge in [-0.15, -0.1) is 0 Å². The SMILES string of the molecule is COc1cccc2ccc(N3CCC4(CC3)CC(O)CN(CC3CC3)C4=O)nc12. The van der Waals surface area contributed by atoms with Crippen molar-refractivity contribution in [1.82, 2.24) is 9.88 Å². The number of benzene rings is 1. The second-order valence-corrected chi connectivity index (χ2v) is 8.98. The second kappa shape index (κ2) is 7.17. The number of piperidine rings is 2. The van der Waals surface area contributed by atoms with Gasteiger partial charge in [0, 0.05) is 31.6 Å². The summed E-state index contributed by atoms with van der Waals surface area (Å²) in [6.07, 6.45) is 4.18. The summed E-state index contributed by atoms with van der Waals surface area (Å²) >= 11 is 0. The molecule has 1 saturated carbocycles. The minimum Gasteiger partial charge on any atom is -0.494 e. The van der Waals surface area contributed by atoms with E-state index >= 15 is 0 Å². The lowest BCUT2D eigenvalue weighted by Crippen LogP contribution is -2.58. The first-order valence-corrected chi connectivity index (χ1v) is 10.7. The summed E-state index contributed by atoms with van der Waals surface area (Å²) in [6, 6.07) is 10.1. The number of carbonyl (C=O) groups excluding carboxylic acids is 1. The molecule has 29 heavy (non-hydrogen) atoms. The van der Waals surface area contributed by atoms with Crippen molar-refractivity contribution in [2.75, 3.05) is 38.2 Å². The van der Waals surface area contributed by atoms with E-state index in [9.17, 15) is 9.90 Å². The Morgan fingerprint density at radius 3 is 2.72 bits per heavy atom. The van der Waals surface area contributed by atoms with Crippen LogP contribution in [0, 0.1) is 11.3 Å². The van der Waals surface area contributed by atoms with Gasteiger partial charge in [-0.2, -0.15) is 0 Å².